The second-order valence-corrected chi connectivity index (χ2v) is 0.744. The molecule has 0 nitrogen and oxygen atoms in total. The van der Waals surface area contributed by atoms with Gasteiger partial charge in [-0.15, -0.1) is 5.73 Å². The Morgan fingerprint density at radius 2 is 1.25 bits per heavy atom. The summed E-state index contributed by atoms with van der Waals surface area (Å²) < 4.78 is 0. The Kier molecular flexibility index (Phi) is 20.8. The van der Waals surface area contributed by atoms with Crippen molar-refractivity contribution < 1.29 is 51.0 Å². The van der Waals surface area contributed by atoms with Gasteiger partial charge in [0.1, 0.15) is 0 Å². The Balaban J connectivity index is -0.0000000833. The summed E-state index contributed by atoms with van der Waals surface area (Å²) in [6, 6.07) is 0. The van der Waals surface area contributed by atoms with Crippen molar-refractivity contribution in [3.63, 3.8) is 0 Å². The molecule has 0 aromatic carbocycles. The van der Waals surface area contributed by atoms with Crippen molar-refractivity contribution in [1.82, 2.24) is 0 Å². The Morgan fingerprint density at radius 3 is 1.38 bits per heavy atom. The molecule has 0 saturated heterocycles. The normalized spacial score (nSPS) is 7.00. The van der Waals surface area contributed by atoms with E-state index in [2.05, 4.69) is 17.6 Å². The van der Waals surface area contributed by atoms with Gasteiger partial charge < -0.3 is 24.8 Å². The third-order valence-electron chi connectivity index (χ3n) is 0.394. The number of hydrogen-bond acceptors (Lipinski definition) is 0. The molecular weight excluding hydrogens is 222 g/mol. The van der Waals surface area contributed by atoms with Crippen LogP contribution in [0.2, 0.25) is 0 Å². The van der Waals surface area contributed by atoms with E-state index in [1.165, 1.54) is 0 Å². The minimum atomic E-state index is 0. The first-order valence-electron chi connectivity index (χ1n) is 1.40. The summed E-state index contributed by atoms with van der Waals surface area (Å²) in [7, 11) is 0. The third-order valence-corrected chi connectivity index (χ3v) is 0.394. The molecule has 0 bridgehead atoms. The van der Waals surface area contributed by atoms with E-state index in [1.54, 1.807) is 12.2 Å². The number of hydrogen-bond donors (Lipinski definition) is 0. The summed E-state index contributed by atoms with van der Waals surface area (Å²) in [6.07, 6.45) is 3.39. The predicted molar refractivity (Wildman–Crippen MR) is 20.4 cm³/mol. The largest absolute Gasteiger partial charge is 2.00 e. The van der Waals surface area contributed by atoms with Crippen LogP contribution >= 0.6 is 0 Å². The summed E-state index contributed by atoms with van der Waals surface area (Å²) >= 11 is 0. The van der Waals surface area contributed by atoms with E-state index in [9.17, 15) is 0 Å². The van der Waals surface area contributed by atoms with Crippen LogP contribution in [0.1, 0.15) is 0 Å². The van der Waals surface area contributed by atoms with Crippen molar-refractivity contribution in [2.45, 2.75) is 0 Å². The zero-order chi connectivity index (χ0) is 3.54. The molecular formula is C5H2Cl2Zr. The smallest absolute Gasteiger partial charge is 1.00 e. The Hall–Kier alpha value is 0.543. The fourth-order valence-corrected chi connectivity index (χ4v) is 0.208. The van der Waals surface area contributed by atoms with Crippen LogP contribution in [0.15, 0.2) is 17.9 Å². The first-order chi connectivity index (χ1) is 2.50. The second-order valence-electron chi connectivity index (χ2n) is 0.744. The van der Waals surface area contributed by atoms with Gasteiger partial charge >= 0.3 is 26.2 Å². The van der Waals surface area contributed by atoms with Crippen molar-refractivity contribution in [3.05, 3.63) is 17.9 Å². The molecule has 0 spiro atoms. The van der Waals surface area contributed by atoms with E-state index in [-0.39, 0.29) is 51.0 Å². The Bertz CT molecular complexity index is 134. The van der Waals surface area contributed by atoms with Gasteiger partial charge in [0, 0.05) is 12.2 Å². The molecule has 3 heteroatoms. The summed E-state index contributed by atoms with van der Waals surface area (Å²) in [5, 5.41) is 0. The van der Waals surface area contributed by atoms with Crippen LogP contribution in [0, 0.1) is 11.8 Å². The van der Waals surface area contributed by atoms with Crippen LogP contribution in [-0.2, 0) is 26.2 Å². The molecule has 1 aliphatic rings. The van der Waals surface area contributed by atoms with Crippen molar-refractivity contribution in [3.8, 4) is 11.8 Å². The van der Waals surface area contributed by atoms with Crippen LogP contribution < -0.4 is 24.8 Å². The van der Waals surface area contributed by atoms with Crippen molar-refractivity contribution in [2.24, 2.45) is 0 Å². The van der Waals surface area contributed by atoms with Gasteiger partial charge in [-0.25, -0.2) is 0 Å². The van der Waals surface area contributed by atoms with Crippen LogP contribution in [-0.4, -0.2) is 0 Å². The van der Waals surface area contributed by atoms with Crippen molar-refractivity contribution in [1.29, 1.82) is 0 Å². The van der Waals surface area contributed by atoms with Gasteiger partial charge in [-0.3, -0.25) is 0 Å². The molecule has 0 heterocycles. The van der Waals surface area contributed by atoms with E-state index in [0.717, 1.165) is 0 Å². The number of allylic oxidation sites excluding steroid dienone is 1. The van der Waals surface area contributed by atoms with Gasteiger partial charge in [-0.2, -0.15) is 0 Å². The molecule has 1 aliphatic carbocycles. The summed E-state index contributed by atoms with van der Waals surface area (Å²) in [5.41, 5.74) is 2.75. The van der Waals surface area contributed by atoms with Crippen LogP contribution in [0.4, 0.5) is 0 Å². The summed E-state index contributed by atoms with van der Waals surface area (Å²) in [6.45, 7) is 0. The molecule has 0 aromatic heterocycles. The molecule has 0 fully saturated rings. The quantitative estimate of drug-likeness (QED) is 0.285. The molecule has 0 saturated carbocycles. The Labute approximate surface area is 80.4 Å². The molecule has 0 unspecified atom stereocenters. The molecule has 40 valence electrons. The van der Waals surface area contributed by atoms with E-state index >= 15 is 0 Å². The van der Waals surface area contributed by atoms with Gasteiger partial charge in [-0.05, 0) is 0 Å². The van der Waals surface area contributed by atoms with Gasteiger partial charge in [0.15, 0.2) is 0 Å². The minimum Gasteiger partial charge on any atom is -1.00 e. The minimum absolute atomic E-state index is 0. The van der Waals surface area contributed by atoms with Crippen LogP contribution in [0.5, 0.6) is 0 Å². The van der Waals surface area contributed by atoms with Crippen LogP contribution in [0.3, 0.4) is 0 Å². The van der Waals surface area contributed by atoms with Gasteiger partial charge in [0.2, 0.25) is 0 Å². The van der Waals surface area contributed by atoms with Crippen molar-refractivity contribution in [2.75, 3.05) is 0 Å². The molecule has 0 N–H and O–H groups in total. The second kappa shape index (κ2) is 10.5. The number of halogens is 2. The SMILES string of the molecule is C1=CC#CC=1.[Cl-].[Cl-].[Zr+2]. The molecule has 0 radical (unpaired) electrons. The fourth-order valence-electron chi connectivity index (χ4n) is 0.208. The van der Waals surface area contributed by atoms with E-state index in [4.69, 9.17) is 0 Å². The topological polar surface area (TPSA) is 0 Å². The predicted octanol–water partition coefficient (Wildman–Crippen LogP) is -5.28. The summed E-state index contributed by atoms with van der Waals surface area (Å²) in [4.78, 5) is 0. The van der Waals surface area contributed by atoms with Crippen molar-refractivity contribution >= 4 is 0 Å². The van der Waals surface area contributed by atoms with E-state index < -0.39 is 0 Å². The summed E-state index contributed by atoms with van der Waals surface area (Å²) in [5.74, 6) is 5.36. The average Bonchev–Trinajstić information content (AvgIpc) is 1.76. The maximum Gasteiger partial charge on any atom is 2.00 e. The Morgan fingerprint density at radius 1 is 0.875 bits per heavy atom. The molecule has 0 aromatic rings. The standard InChI is InChI=1S/C5H2.2ClH.Zr/c1-2-4-5-3-1;;;/h1,4H;2*1H;/q;;;+2/p-2. The first-order valence-corrected chi connectivity index (χ1v) is 1.40. The van der Waals surface area contributed by atoms with Crippen LogP contribution in [0.25, 0.3) is 0 Å². The van der Waals surface area contributed by atoms with Gasteiger partial charge in [-0.1, -0.05) is 11.8 Å². The zero-order valence-electron chi connectivity index (χ0n) is 3.91. The maximum absolute atomic E-state index is 2.75. The molecule has 0 atom stereocenters. The van der Waals surface area contributed by atoms with Gasteiger partial charge in [0.05, 0.1) is 0 Å². The molecule has 0 aliphatic heterocycles. The van der Waals surface area contributed by atoms with E-state index in [1.807, 2.05) is 0 Å². The fraction of sp³-hybridized carbons (Fsp3) is 0. The monoisotopic (exact) mass is 222 g/mol. The maximum atomic E-state index is 2.75. The first kappa shape index (κ1) is 15.8. The number of rotatable bonds is 0. The van der Waals surface area contributed by atoms with Gasteiger partial charge in [0.25, 0.3) is 0 Å². The van der Waals surface area contributed by atoms with E-state index in [0.29, 0.717) is 0 Å². The molecule has 8 heavy (non-hydrogen) atoms. The zero-order valence-corrected chi connectivity index (χ0v) is 7.88. The molecule has 0 amide bonds. The third kappa shape index (κ3) is 6.54. The molecule has 1 rings (SSSR count). The average molecular weight is 224 g/mol.